The smallest absolute Gasteiger partial charge is 0.000889 e. The molecule has 1 rings (SSSR count). The Labute approximate surface area is 121 Å². The molecule has 2 nitrogen and oxygen atoms in total. The maximum atomic E-state index is 3.79. The molecule has 1 saturated heterocycles. The lowest BCUT2D eigenvalue weighted by atomic mass is 9.76. The molecule has 2 N–H and O–H groups in total. The molecule has 0 spiro atoms. The Morgan fingerprint density at radius 3 is 2.37 bits per heavy atom. The van der Waals surface area contributed by atoms with E-state index in [2.05, 4.69) is 38.3 Å². The van der Waals surface area contributed by atoms with Gasteiger partial charge in [0, 0.05) is 13.1 Å². The average molecular weight is 268 g/mol. The molecule has 0 aromatic rings. The number of piperidine rings is 1. The summed E-state index contributed by atoms with van der Waals surface area (Å²) in [7, 11) is 0. The van der Waals surface area contributed by atoms with E-state index in [0.29, 0.717) is 10.8 Å². The van der Waals surface area contributed by atoms with Gasteiger partial charge in [0.2, 0.25) is 0 Å². The zero-order chi connectivity index (χ0) is 14.2. The Hall–Kier alpha value is -0.0800. The summed E-state index contributed by atoms with van der Waals surface area (Å²) in [5.74, 6) is 0. The van der Waals surface area contributed by atoms with E-state index in [1.807, 2.05) is 0 Å². The first-order valence-corrected chi connectivity index (χ1v) is 8.45. The van der Waals surface area contributed by atoms with Gasteiger partial charge in [-0.25, -0.2) is 0 Å². The number of rotatable bonds is 9. The molecule has 0 saturated carbocycles. The van der Waals surface area contributed by atoms with E-state index in [-0.39, 0.29) is 0 Å². The molecule has 1 aliphatic heterocycles. The van der Waals surface area contributed by atoms with Crippen LogP contribution >= 0.6 is 0 Å². The van der Waals surface area contributed by atoms with Crippen molar-refractivity contribution < 1.29 is 0 Å². The van der Waals surface area contributed by atoms with Gasteiger partial charge in [-0.3, -0.25) is 0 Å². The van der Waals surface area contributed by atoms with Crippen molar-refractivity contribution in [3.05, 3.63) is 0 Å². The first kappa shape index (κ1) is 17.0. The molecule has 0 aliphatic carbocycles. The minimum atomic E-state index is 0.455. The normalized spacial score (nSPS) is 19.6. The summed E-state index contributed by atoms with van der Waals surface area (Å²) in [6, 6.07) is 0. The van der Waals surface area contributed by atoms with Crippen molar-refractivity contribution in [2.24, 2.45) is 10.8 Å². The van der Waals surface area contributed by atoms with Crippen molar-refractivity contribution in [1.29, 1.82) is 0 Å². The van der Waals surface area contributed by atoms with E-state index in [0.717, 1.165) is 0 Å². The highest BCUT2D eigenvalue weighted by atomic mass is 14.9. The molecular weight excluding hydrogens is 232 g/mol. The lowest BCUT2D eigenvalue weighted by molar-refractivity contribution is 0.174. The van der Waals surface area contributed by atoms with Gasteiger partial charge in [-0.2, -0.15) is 0 Å². The van der Waals surface area contributed by atoms with Crippen LogP contribution in [0.1, 0.15) is 72.6 Å². The molecule has 1 heterocycles. The summed E-state index contributed by atoms with van der Waals surface area (Å²) in [5.41, 5.74) is 1.02. The van der Waals surface area contributed by atoms with Crippen molar-refractivity contribution in [2.75, 3.05) is 26.2 Å². The summed E-state index contributed by atoms with van der Waals surface area (Å²) in [4.78, 5) is 0. The van der Waals surface area contributed by atoms with Gasteiger partial charge in [-0.05, 0) is 49.6 Å². The third-order valence-electron chi connectivity index (χ3n) is 4.97. The molecule has 0 unspecified atom stereocenters. The van der Waals surface area contributed by atoms with Crippen LogP contribution in [0.2, 0.25) is 0 Å². The van der Waals surface area contributed by atoms with Gasteiger partial charge in [-0.15, -0.1) is 0 Å². The zero-order valence-corrected chi connectivity index (χ0v) is 13.8. The number of nitrogens with one attached hydrogen (secondary N) is 2. The van der Waals surface area contributed by atoms with Gasteiger partial charge in [0.05, 0.1) is 0 Å². The van der Waals surface area contributed by atoms with Gasteiger partial charge < -0.3 is 10.6 Å². The van der Waals surface area contributed by atoms with E-state index in [4.69, 9.17) is 0 Å². The fraction of sp³-hybridized carbons (Fsp3) is 1.00. The van der Waals surface area contributed by atoms with E-state index in [1.165, 1.54) is 71.1 Å². The highest BCUT2D eigenvalue weighted by Gasteiger charge is 2.30. The number of unbranched alkanes of at least 4 members (excludes halogenated alkanes) is 2. The van der Waals surface area contributed by atoms with Crippen LogP contribution in [0, 0.1) is 10.8 Å². The first-order chi connectivity index (χ1) is 9.04. The fourth-order valence-corrected chi connectivity index (χ4v) is 3.22. The lowest BCUT2D eigenvalue weighted by Crippen LogP contribution is -2.44. The van der Waals surface area contributed by atoms with Crippen LogP contribution in [0.3, 0.4) is 0 Å². The minimum absolute atomic E-state index is 0.455. The molecule has 114 valence electrons. The molecular formula is C17H36N2. The van der Waals surface area contributed by atoms with Crippen LogP contribution < -0.4 is 10.6 Å². The van der Waals surface area contributed by atoms with Crippen LogP contribution in [0.25, 0.3) is 0 Å². The Kier molecular flexibility index (Phi) is 7.38. The summed E-state index contributed by atoms with van der Waals surface area (Å²) >= 11 is 0. The second-order valence-corrected chi connectivity index (χ2v) is 7.33. The summed E-state index contributed by atoms with van der Waals surface area (Å²) in [6.07, 6.45) is 9.45. The van der Waals surface area contributed by atoms with Gasteiger partial charge in [-0.1, -0.05) is 47.0 Å². The van der Waals surface area contributed by atoms with E-state index in [9.17, 15) is 0 Å². The molecule has 2 heteroatoms. The highest BCUT2D eigenvalue weighted by molar-refractivity contribution is 4.86. The molecule has 1 fully saturated rings. The van der Waals surface area contributed by atoms with Crippen molar-refractivity contribution in [3.8, 4) is 0 Å². The average Bonchev–Trinajstić information content (AvgIpc) is 2.40. The minimum Gasteiger partial charge on any atom is -0.317 e. The van der Waals surface area contributed by atoms with Crippen LogP contribution in [0.5, 0.6) is 0 Å². The van der Waals surface area contributed by atoms with Crippen LogP contribution in [-0.2, 0) is 0 Å². The third-order valence-corrected chi connectivity index (χ3v) is 4.97. The number of hydrogen-bond donors (Lipinski definition) is 2. The summed E-state index contributed by atoms with van der Waals surface area (Å²) in [5, 5.41) is 7.27. The van der Waals surface area contributed by atoms with Crippen molar-refractivity contribution >= 4 is 0 Å². The predicted molar refractivity (Wildman–Crippen MR) is 85.6 cm³/mol. The molecule has 0 bridgehead atoms. The zero-order valence-electron chi connectivity index (χ0n) is 13.8. The summed E-state index contributed by atoms with van der Waals surface area (Å²) in [6.45, 7) is 14.3. The second kappa shape index (κ2) is 8.26. The molecule has 0 amide bonds. The lowest BCUT2D eigenvalue weighted by Gasteiger charge is -2.38. The third kappa shape index (κ3) is 6.27. The fourth-order valence-electron chi connectivity index (χ4n) is 3.22. The molecule has 1 aliphatic rings. The van der Waals surface area contributed by atoms with Crippen LogP contribution in [0.15, 0.2) is 0 Å². The maximum absolute atomic E-state index is 3.79. The van der Waals surface area contributed by atoms with Crippen LogP contribution in [-0.4, -0.2) is 26.2 Å². The number of hydrogen-bond acceptors (Lipinski definition) is 2. The highest BCUT2D eigenvalue weighted by Crippen LogP contribution is 2.32. The van der Waals surface area contributed by atoms with Gasteiger partial charge in [0.25, 0.3) is 0 Å². The van der Waals surface area contributed by atoms with Gasteiger partial charge in [0.15, 0.2) is 0 Å². The van der Waals surface area contributed by atoms with E-state index in [1.54, 1.807) is 0 Å². The Balaban J connectivity index is 2.26. The second-order valence-electron chi connectivity index (χ2n) is 7.33. The SMILES string of the molecule is CCCCCC(C)(C)CNCC1(CC)CCNCC1. The Bertz CT molecular complexity index is 229. The van der Waals surface area contributed by atoms with Crippen molar-refractivity contribution in [2.45, 2.75) is 72.6 Å². The summed E-state index contributed by atoms with van der Waals surface area (Å²) < 4.78 is 0. The standard InChI is InChI=1S/C17H36N2/c1-5-7-8-9-16(3,4)14-19-15-17(6-2)10-12-18-13-11-17/h18-19H,5-15H2,1-4H3. The first-order valence-electron chi connectivity index (χ1n) is 8.45. The molecule has 19 heavy (non-hydrogen) atoms. The topological polar surface area (TPSA) is 24.1 Å². The van der Waals surface area contributed by atoms with Gasteiger partial charge in [0.1, 0.15) is 0 Å². The predicted octanol–water partition coefficient (Wildman–Crippen LogP) is 3.96. The quantitative estimate of drug-likeness (QED) is 0.618. The van der Waals surface area contributed by atoms with Crippen molar-refractivity contribution in [1.82, 2.24) is 10.6 Å². The monoisotopic (exact) mass is 268 g/mol. The largest absolute Gasteiger partial charge is 0.317 e. The maximum Gasteiger partial charge on any atom is 0.000889 e. The molecule has 0 aromatic heterocycles. The molecule has 0 aromatic carbocycles. The van der Waals surface area contributed by atoms with Crippen LogP contribution in [0.4, 0.5) is 0 Å². The van der Waals surface area contributed by atoms with Crippen molar-refractivity contribution in [3.63, 3.8) is 0 Å². The van der Waals surface area contributed by atoms with E-state index < -0.39 is 0 Å². The Morgan fingerprint density at radius 1 is 1.11 bits per heavy atom. The molecule has 0 atom stereocenters. The molecule has 0 radical (unpaired) electrons. The van der Waals surface area contributed by atoms with Gasteiger partial charge >= 0.3 is 0 Å². The Morgan fingerprint density at radius 2 is 1.79 bits per heavy atom. The van der Waals surface area contributed by atoms with E-state index >= 15 is 0 Å².